The fourth-order valence-electron chi connectivity index (χ4n) is 5.24. The predicted octanol–water partition coefficient (Wildman–Crippen LogP) is 9.24. The van der Waals surface area contributed by atoms with Crippen LogP contribution in [-0.4, -0.2) is 32.1 Å². The second kappa shape index (κ2) is 12.6. The van der Waals surface area contributed by atoms with Crippen LogP contribution in [0.15, 0.2) is 36.4 Å². The summed E-state index contributed by atoms with van der Waals surface area (Å²) in [6.07, 6.45) is 4.18. The molecule has 0 saturated heterocycles. The molecule has 2 aromatic rings. The molecule has 0 spiro atoms. The maximum absolute atomic E-state index is 11.0. The molecule has 1 atom stereocenters. The fraction of sp³-hybridized carbons (Fsp3) is 0.618. The molecular formula is C34H54O4Si. The van der Waals surface area contributed by atoms with E-state index >= 15 is 0 Å². The summed E-state index contributed by atoms with van der Waals surface area (Å²) >= 11 is 0. The molecule has 2 rings (SSSR count). The summed E-state index contributed by atoms with van der Waals surface area (Å²) < 4.78 is 12.4. The second-order valence-electron chi connectivity index (χ2n) is 13.9. The molecule has 218 valence electrons. The van der Waals surface area contributed by atoms with Crippen molar-refractivity contribution >= 4 is 14.3 Å². The number of aliphatic carboxylic acids is 1. The largest absolute Gasteiger partial charge is 0.482 e. The van der Waals surface area contributed by atoms with Gasteiger partial charge in [-0.1, -0.05) is 85.7 Å². The van der Waals surface area contributed by atoms with Gasteiger partial charge in [-0.25, -0.2) is 4.79 Å². The van der Waals surface area contributed by atoms with Crippen LogP contribution in [-0.2, 0) is 21.1 Å². The molecule has 4 nitrogen and oxygen atoms in total. The molecule has 0 aromatic heterocycles. The van der Waals surface area contributed by atoms with Crippen LogP contribution < -0.4 is 4.74 Å². The Bertz CT molecular complexity index is 1120. The van der Waals surface area contributed by atoms with E-state index < -0.39 is 14.3 Å². The first-order valence-electron chi connectivity index (χ1n) is 14.6. The van der Waals surface area contributed by atoms with Crippen LogP contribution in [0.5, 0.6) is 5.75 Å². The molecule has 2 aromatic carbocycles. The Hall–Kier alpha value is -2.11. The van der Waals surface area contributed by atoms with E-state index in [0.29, 0.717) is 5.75 Å². The Kier molecular flexibility index (Phi) is 10.7. The van der Waals surface area contributed by atoms with Crippen molar-refractivity contribution in [3.63, 3.8) is 0 Å². The third-order valence-electron chi connectivity index (χ3n) is 9.07. The molecule has 0 amide bonds. The molecule has 1 unspecified atom stereocenters. The fourth-order valence-corrected chi connectivity index (χ4v) is 6.78. The lowest BCUT2D eigenvalue weighted by Gasteiger charge is -2.43. The van der Waals surface area contributed by atoms with Gasteiger partial charge in [-0.05, 0) is 97.0 Å². The third-order valence-corrected chi connectivity index (χ3v) is 13.6. The summed E-state index contributed by atoms with van der Waals surface area (Å²) in [7, 11) is -1.87. The van der Waals surface area contributed by atoms with Gasteiger partial charge >= 0.3 is 5.97 Å². The first kappa shape index (κ1) is 33.1. The zero-order valence-electron chi connectivity index (χ0n) is 26.7. The van der Waals surface area contributed by atoms with Crippen molar-refractivity contribution in [2.45, 2.75) is 125 Å². The predicted molar refractivity (Wildman–Crippen MR) is 167 cm³/mol. The molecule has 0 saturated carbocycles. The van der Waals surface area contributed by atoms with E-state index in [-0.39, 0.29) is 28.6 Å². The molecule has 0 aliphatic heterocycles. The summed E-state index contributed by atoms with van der Waals surface area (Å²) in [5, 5.41) is 9.17. The lowest BCUT2D eigenvalue weighted by atomic mass is 9.69. The van der Waals surface area contributed by atoms with Gasteiger partial charge in [0.25, 0.3) is 0 Å². The molecule has 0 bridgehead atoms. The van der Waals surface area contributed by atoms with Gasteiger partial charge in [-0.2, -0.15) is 0 Å². The quantitative estimate of drug-likeness (QED) is 0.266. The van der Waals surface area contributed by atoms with Gasteiger partial charge < -0.3 is 14.3 Å². The average Bonchev–Trinajstić information content (AvgIpc) is 2.81. The topological polar surface area (TPSA) is 55.8 Å². The number of carboxylic acids is 1. The van der Waals surface area contributed by atoms with Gasteiger partial charge in [0.05, 0.1) is 6.10 Å². The number of hydrogen-bond donors (Lipinski definition) is 1. The molecule has 0 aliphatic carbocycles. The van der Waals surface area contributed by atoms with Gasteiger partial charge in [-0.15, -0.1) is 0 Å². The summed E-state index contributed by atoms with van der Waals surface area (Å²) in [6, 6.07) is 13.2. The van der Waals surface area contributed by atoms with Gasteiger partial charge in [-0.3, -0.25) is 0 Å². The molecule has 0 aliphatic rings. The van der Waals surface area contributed by atoms with Crippen molar-refractivity contribution < 1.29 is 19.1 Å². The normalized spacial score (nSPS) is 13.8. The lowest BCUT2D eigenvalue weighted by Crippen LogP contribution is -2.47. The zero-order valence-corrected chi connectivity index (χ0v) is 27.7. The van der Waals surface area contributed by atoms with Crippen LogP contribution in [0.3, 0.4) is 0 Å². The van der Waals surface area contributed by atoms with Gasteiger partial charge in [0.1, 0.15) is 5.75 Å². The van der Waals surface area contributed by atoms with Gasteiger partial charge in [0.15, 0.2) is 14.9 Å². The van der Waals surface area contributed by atoms with E-state index in [1.165, 1.54) is 22.3 Å². The van der Waals surface area contributed by atoms with Crippen LogP contribution in [0, 0.1) is 19.3 Å². The van der Waals surface area contributed by atoms with Gasteiger partial charge in [0.2, 0.25) is 0 Å². The highest BCUT2D eigenvalue weighted by Gasteiger charge is 2.41. The number of carboxylic acid groups (broad SMARTS) is 1. The molecule has 39 heavy (non-hydrogen) atoms. The van der Waals surface area contributed by atoms with Crippen LogP contribution in [0.4, 0.5) is 0 Å². The van der Waals surface area contributed by atoms with Crippen LogP contribution in [0.1, 0.15) is 102 Å². The first-order chi connectivity index (χ1) is 17.9. The molecule has 0 heterocycles. The minimum absolute atomic E-state index is 0.0845. The number of ether oxygens (including phenoxy) is 1. The Morgan fingerprint density at radius 3 is 1.87 bits per heavy atom. The van der Waals surface area contributed by atoms with E-state index in [9.17, 15) is 4.79 Å². The van der Waals surface area contributed by atoms with Crippen molar-refractivity contribution in [1.82, 2.24) is 0 Å². The Labute approximate surface area is 239 Å². The molecule has 0 fully saturated rings. The number of rotatable bonds is 12. The van der Waals surface area contributed by atoms with Crippen LogP contribution >= 0.6 is 0 Å². The standard InChI is InChI=1S/C34H54O4Si/c1-13-34(14-2,28-18-19-29(25(4)22-28)37-23-31(35)36)27-17-15-26(24(3)21-27)16-20-30(32(5,6)7)38-39(11,12)33(8,9)10/h15,17-19,21-22,30H,13-14,16,20,23H2,1-12H3,(H,35,36). The molecule has 5 heteroatoms. The summed E-state index contributed by atoms with van der Waals surface area (Å²) in [4.78, 5) is 11.0. The smallest absolute Gasteiger partial charge is 0.341 e. The monoisotopic (exact) mass is 554 g/mol. The van der Waals surface area contributed by atoms with Crippen molar-refractivity contribution in [3.05, 3.63) is 64.2 Å². The van der Waals surface area contributed by atoms with E-state index in [1.807, 2.05) is 13.0 Å². The van der Waals surface area contributed by atoms with E-state index in [1.54, 1.807) is 0 Å². The Morgan fingerprint density at radius 1 is 0.897 bits per heavy atom. The highest BCUT2D eigenvalue weighted by atomic mass is 28.4. The number of benzene rings is 2. The van der Waals surface area contributed by atoms with E-state index in [4.69, 9.17) is 14.3 Å². The summed E-state index contributed by atoms with van der Waals surface area (Å²) in [5.74, 6) is -0.340. The first-order valence-corrected chi connectivity index (χ1v) is 17.5. The zero-order chi connectivity index (χ0) is 29.8. The summed E-state index contributed by atoms with van der Waals surface area (Å²) in [5.41, 5.74) is 6.23. The third kappa shape index (κ3) is 7.97. The van der Waals surface area contributed by atoms with Crippen molar-refractivity contribution in [3.8, 4) is 5.75 Å². The maximum Gasteiger partial charge on any atom is 0.341 e. The van der Waals surface area contributed by atoms with Crippen LogP contribution in [0.2, 0.25) is 18.1 Å². The maximum atomic E-state index is 11.0. The Balaban J connectivity index is 2.34. The minimum Gasteiger partial charge on any atom is -0.482 e. The summed E-state index contributed by atoms with van der Waals surface area (Å²) in [6.45, 7) is 27.0. The molecular weight excluding hydrogens is 500 g/mol. The number of carbonyl (C=O) groups is 1. The molecule has 0 radical (unpaired) electrons. The highest BCUT2D eigenvalue weighted by molar-refractivity contribution is 6.74. The molecule has 1 N–H and O–H groups in total. The SMILES string of the molecule is CCC(CC)(c1ccc(CCC(O[Si](C)(C)C(C)(C)C)C(C)(C)C)c(C)c1)c1ccc(OCC(=O)O)c(C)c1. The van der Waals surface area contributed by atoms with Crippen molar-refractivity contribution in [2.75, 3.05) is 6.61 Å². The Morgan fingerprint density at radius 2 is 1.44 bits per heavy atom. The van der Waals surface area contributed by atoms with Crippen molar-refractivity contribution in [1.29, 1.82) is 0 Å². The van der Waals surface area contributed by atoms with E-state index in [0.717, 1.165) is 31.2 Å². The van der Waals surface area contributed by atoms with Gasteiger partial charge in [0, 0.05) is 5.41 Å². The van der Waals surface area contributed by atoms with Crippen LogP contribution in [0.25, 0.3) is 0 Å². The highest BCUT2D eigenvalue weighted by Crippen LogP contribution is 2.42. The van der Waals surface area contributed by atoms with Crippen molar-refractivity contribution in [2.24, 2.45) is 5.41 Å². The lowest BCUT2D eigenvalue weighted by molar-refractivity contribution is -0.139. The average molecular weight is 555 g/mol. The number of hydrogen-bond acceptors (Lipinski definition) is 3. The van der Waals surface area contributed by atoms with E-state index in [2.05, 4.69) is 106 Å². The minimum atomic E-state index is -1.87. The second-order valence-corrected chi connectivity index (χ2v) is 18.6. The number of aryl methyl sites for hydroxylation is 3.